The first-order chi connectivity index (χ1) is 9.42. The predicted octanol–water partition coefficient (Wildman–Crippen LogP) is 2.05. The lowest BCUT2D eigenvalue weighted by Crippen LogP contribution is -2.44. The average molecular weight is 341 g/mol. The van der Waals surface area contributed by atoms with Crippen molar-refractivity contribution in [2.24, 2.45) is 5.92 Å². The molecule has 120 valence electrons. The highest BCUT2D eigenvalue weighted by molar-refractivity contribution is 7.89. The molecule has 1 saturated heterocycles. The minimum atomic E-state index is -4.20. The van der Waals surface area contributed by atoms with E-state index in [1.165, 1.54) is 0 Å². The van der Waals surface area contributed by atoms with Gasteiger partial charge in [-0.3, -0.25) is 0 Å². The molecule has 1 heterocycles. The highest BCUT2D eigenvalue weighted by Crippen LogP contribution is 2.21. The average Bonchev–Trinajstić information content (AvgIpc) is 2.38. The van der Waals surface area contributed by atoms with E-state index in [0.717, 1.165) is 37.6 Å². The summed E-state index contributed by atoms with van der Waals surface area (Å²) in [6.07, 6.45) is 1.85. The molecule has 1 aliphatic rings. The number of hydrogen-bond donors (Lipinski definition) is 2. The first-order valence-electron chi connectivity index (χ1n) is 6.59. The van der Waals surface area contributed by atoms with Gasteiger partial charge in [-0.25, -0.2) is 21.9 Å². The van der Waals surface area contributed by atoms with Gasteiger partial charge < -0.3 is 5.32 Å². The first kappa shape index (κ1) is 18.3. The third-order valence-electron chi connectivity index (χ3n) is 3.57. The topological polar surface area (TPSA) is 58.2 Å². The molecule has 8 heteroatoms. The summed E-state index contributed by atoms with van der Waals surface area (Å²) < 4.78 is 53.7. The monoisotopic (exact) mass is 340 g/mol. The molecule has 21 heavy (non-hydrogen) atoms. The Morgan fingerprint density at radius 1 is 1.33 bits per heavy atom. The molecule has 2 N–H and O–H groups in total. The maximum Gasteiger partial charge on any atom is 0.246 e. The maximum atomic E-state index is 13.6. The van der Waals surface area contributed by atoms with Crippen molar-refractivity contribution in [2.75, 3.05) is 13.1 Å². The van der Waals surface area contributed by atoms with E-state index in [4.69, 9.17) is 0 Å². The van der Waals surface area contributed by atoms with Crippen LogP contribution in [0, 0.1) is 17.6 Å². The Bertz CT molecular complexity index is 557. The molecular formula is C13H19ClF2N2O2S. The second kappa shape index (κ2) is 7.49. The van der Waals surface area contributed by atoms with Gasteiger partial charge in [0.15, 0.2) is 4.90 Å². The Morgan fingerprint density at radius 2 is 1.95 bits per heavy atom. The molecule has 0 saturated carbocycles. The van der Waals surface area contributed by atoms with Crippen molar-refractivity contribution >= 4 is 22.4 Å². The summed E-state index contributed by atoms with van der Waals surface area (Å²) in [4.78, 5) is -0.907. The SMILES string of the molecule is CC(NS(=O)(=O)c1c(F)cccc1F)C1CCCNC1.Cl. The quantitative estimate of drug-likeness (QED) is 0.882. The lowest BCUT2D eigenvalue weighted by atomic mass is 9.94. The Hall–Kier alpha value is -0.760. The number of sulfonamides is 1. The molecule has 1 fully saturated rings. The second-order valence-electron chi connectivity index (χ2n) is 5.07. The van der Waals surface area contributed by atoms with Crippen molar-refractivity contribution in [3.05, 3.63) is 29.8 Å². The molecule has 0 aromatic heterocycles. The molecule has 2 unspecified atom stereocenters. The number of piperidine rings is 1. The number of rotatable bonds is 4. The van der Waals surface area contributed by atoms with E-state index < -0.39 is 26.6 Å². The van der Waals surface area contributed by atoms with Gasteiger partial charge in [0, 0.05) is 6.04 Å². The number of hydrogen-bond acceptors (Lipinski definition) is 3. The summed E-state index contributed by atoms with van der Waals surface area (Å²) >= 11 is 0. The summed E-state index contributed by atoms with van der Waals surface area (Å²) in [7, 11) is -4.20. The molecule has 4 nitrogen and oxygen atoms in total. The number of halogens is 3. The van der Waals surface area contributed by atoms with Gasteiger partial charge in [-0.1, -0.05) is 6.07 Å². The fourth-order valence-electron chi connectivity index (χ4n) is 2.44. The van der Waals surface area contributed by atoms with Crippen LogP contribution in [0.4, 0.5) is 8.78 Å². The molecule has 0 amide bonds. The zero-order chi connectivity index (χ0) is 14.8. The summed E-state index contributed by atoms with van der Waals surface area (Å²) in [6.45, 7) is 3.33. The van der Waals surface area contributed by atoms with Crippen LogP contribution in [0.1, 0.15) is 19.8 Å². The molecular weight excluding hydrogens is 322 g/mol. The largest absolute Gasteiger partial charge is 0.316 e. The van der Waals surface area contributed by atoms with Gasteiger partial charge in [-0.05, 0) is 50.9 Å². The third-order valence-corrected chi connectivity index (χ3v) is 5.18. The molecule has 1 aromatic rings. The van der Waals surface area contributed by atoms with Gasteiger partial charge in [0.1, 0.15) is 11.6 Å². The Kier molecular flexibility index (Phi) is 6.52. The summed E-state index contributed by atoms with van der Waals surface area (Å²) in [6, 6.07) is 2.62. The van der Waals surface area contributed by atoms with E-state index in [1.54, 1.807) is 6.92 Å². The van der Waals surface area contributed by atoms with Crippen LogP contribution in [-0.2, 0) is 10.0 Å². The molecule has 0 spiro atoms. The lowest BCUT2D eigenvalue weighted by molar-refractivity contribution is 0.320. The highest BCUT2D eigenvalue weighted by Gasteiger charge is 2.29. The van der Waals surface area contributed by atoms with Crippen molar-refractivity contribution in [2.45, 2.75) is 30.7 Å². The standard InChI is InChI=1S/C13H18F2N2O2S.ClH/c1-9(10-4-3-7-16-8-10)17-20(18,19)13-11(14)5-2-6-12(13)15;/h2,5-6,9-10,16-17H,3-4,7-8H2,1H3;1H. The molecule has 2 atom stereocenters. The van der Waals surface area contributed by atoms with E-state index in [2.05, 4.69) is 10.0 Å². The molecule has 0 radical (unpaired) electrons. The van der Waals surface area contributed by atoms with Gasteiger partial charge in [0.2, 0.25) is 10.0 Å². The van der Waals surface area contributed by atoms with Crippen LogP contribution in [0.5, 0.6) is 0 Å². The fourth-order valence-corrected chi connectivity index (χ4v) is 3.89. The van der Waals surface area contributed by atoms with Gasteiger partial charge in [0.05, 0.1) is 0 Å². The zero-order valence-electron chi connectivity index (χ0n) is 11.6. The van der Waals surface area contributed by atoms with Crippen LogP contribution in [0.2, 0.25) is 0 Å². The van der Waals surface area contributed by atoms with Crippen LogP contribution in [0.25, 0.3) is 0 Å². The van der Waals surface area contributed by atoms with Crippen molar-refractivity contribution < 1.29 is 17.2 Å². The van der Waals surface area contributed by atoms with Crippen LogP contribution < -0.4 is 10.0 Å². The van der Waals surface area contributed by atoms with E-state index in [-0.39, 0.29) is 24.4 Å². The number of benzene rings is 1. The Morgan fingerprint density at radius 3 is 2.48 bits per heavy atom. The normalized spacial score (nSPS) is 20.6. The van der Waals surface area contributed by atoms with Crippen LogP contribution in [-0.4, -0.2) is 27.5 Å². The number of nitrogens with one attached hydrogen (secondary N) is 2. The van der Waals surface area contributed by atoms with Gasteiger partial charge in [-0.15, -0.1) is 12.4 Å². The molecule has 0 aliphatic carbocycles. The minimum absolute atomic E-state index is 0. The van der Waals surface area contributed by atoms with Gasteiger partial charge >= 0.3 is 0 Å². The smallest absolute Gasteiger partial charge is 0.246 e. The first-order valence-corrected chi connectivity index (χ1v) is 8.07. The van der Waals surface area contributed by atoms with Gasteiger partial charge in [-0.2, -0.15) is 0 Å². The minimum Gasteiger partial charge on any atom is -0.316 e. The Labute approximate surface area is 129 Å². The molecule has 2 rings (SSSR count). The molecule has 1 aromatic carbocycles. The van der Waals surface area contributed by atoms with E-state index >= 15 is 0 Å². The zero-order valence-corrected chi connectivity index (χ0v) is 13.2. The van der Waals surface area contributed by atoms with E-state index in [0.29, 0.717) is 6.54 Å². The third kappa shape index (κ3) is 4.35. The maximum absolute atomic E-state index is 13.6. The summed E-state index contributed by atoms with van der Waals surface area (Å²) in [5.41, 5.74) is 0. The summed E-state index contributed by atoms with van der Waals surface area (Å²) in [5, 5.41) is 3.18. The van der Waals surface area contributed by atoms with E-state index in [1.807, 2.05) is 0 Å². The van der Waals surface area contributed by atoms with Crippen LogP contribution in [0.15, 0.2) is 23.1 Å². The van der Waals surface area contributed by atoms with Crippen LogP contribution >= 0.6 is 12.4 Å². The molecule has 0 bridgehead atoms. The van der Waals surface area contributed by atoms with Crippen molar-refractivity contribution in [1.82, 2.24) is 10.0 Å². The Balaban J connectivity index is 0.00000220. The molecule has 1 aliphatic heterocycles. The fraction of sp³-hybridized carbons (Fsp3) is 0.538. The van der Waals surface area contributed by atoms with Crippen LogP contribution in [0.3, 0.4) is 0 Å². The van der Waals surface area contributed by atoms with Crippen molar-refractivity contribution in [1.29, 1.82) is 0 Å². The van der Waals surface area contributed by atoms with Crippen molar-refractivity contribution in [3.8, 4) is 0 Å². The summed E-state index contributed by atoms with van der Waals surface area (Å²) in [5.74, 6) is -2.04. The predicted molar refractivity (Wildman–Crippen MR) is 79.0 cm³/mol. The van der Waals surface area contributed by atoms with E-state index in [9.17, 15) is 17.2 Å². The highest BCUT2D eigenvalue weighted by atomic mass is 35.5. The van der Waals surface area contributed by atoms with Crippen molar-refractivity contribution in [3.63, 3.8) is 0 Å². The second-order valence-corrected chi connectivity index (χ2v) is 6.72. The lowest BCUT2D eigenvalue weighted by Gasteiger charge is -2.28. The van der Waals surface area contributed by atoms with Gasteiger partial charge in [0.25, 0.3) is 0 Å².